The first-order chi connectivity index (χ1) is 19.1. The molecule has 0 amide bonds. The van der Waals surface area contributed by atoms with Crippen LogP contribution in [0, 0.1) is 59.4 Å². The van der Waals surface area contributed by atoms with Crippen molar-refractivity contribution in [3.05, 3.63) is 108 Å². The van der Waals surface area contributed by atoms with E-state index in [1.165, 1.54) is 24.3 Å². The number of halogens is 4. The zero-order chi connectivity index (χ0) is 29.9. The van der Waals surface area contributed by atoms with Gasteiger partial charge in [-0.3, -0.25) is 12.2 Å². The largest absolute Gasteiger partial charge is 4.00 e. The summed E-state index contributed by atoms with van der Waals surface area (Å²) in [5.74, 6) is -1.85. The summed E-state index contributed by atoms with van der Waals surface area (Å²) in [4.78, 5) is 0. The van der Waals surface area contributed by atoms with Crippen LogP contribution in [-0.4, -0.2) is 12.1 Å². The Balaban J connectivity index is 0.000000573. The molecule has 0 bridgehead atoms. The molecular weight excluding hydrogens is 560 g/mol. The van der Waals surface area contributed by atoms with E-state index >= 15 is 0 Å². The SMILES string of the molecule is CCC(Nc1ccc(F)[c-]c1F)C(C)C.CCC(Nc1ccc(F)[c-]c1F)C(C)C.[C-]1=CC=CC1.[C-]1=CC=CC1.[Ti+4]. The van der Waals surface area contributed by atoms with Crippen LogP contribution in [0.2, 0.25) is 0 Å². The monoisotopic (exact) mass is 602 g/mol. The van der Waals surface area contributed by atoms with Crippen LogP contribution in [0.3, 0.4) is 0 Å². The van der Waals surface area contributed by atoms with E-state index in [0.717, 1.165) is 25.7 Å². The molecule has 7 heteroatoms. The predicted octanol–water partition coefficient (Wildman–Crippen LogP) is 9.83. The van der Waals surface area contributed by atoms with Crippen LogP contribution in [0.15, 0.2) is 60.7 Å². The van der Waals surface area contributed by atoms with Crippen molar-refractivity contribution in [2.75, 3.05) is 10.6 Å². The van der Waals surface area contributed by atoms with Crippen LogP contribution < -0.4 is 10.6 Å². The minimum Gasteiger partial charge on any atom is -0.431 e. The van der Waals surface area contributed by atoms with Gasteiger partial charge in [0.05, 0.1) is 0 Å². The van der Waals surface area contributed by atoms with Crippen molar-refractivity contribution in [2.45, 2.75) is 79.3 Å². The van der Waals surface area contributed by atoms with Gasteiger partial charge in [0, 0.05) is 35.4 Å². The number of allylic oxidation sites excluding steroid dienone is 8. The van der Waals surface area contributed by atoms with Gasteiger partial charge in [-0.1, -0.05) is 41.5 Å². The minimum absolute atomic E-state index is 0. The first-order valence-electron chi connectivity index (χ1n) is 13.8. The van der Waals surface area contributed by atoms with Gasteiger partial charge in [-0.25, -0.2) is 41.9 Å². The van der Waals surface area contributed by atoms with E-state index in [9.17, 15) is 17.6 Å². The summed E-state index contributed by atoms with van der Waals surface area (Å²) >= 11 is 0. The molecule has 2 aliphatic rings. The number of hydrogen-bond donors (Lipinski definition) is 2. The summed E-state index contributed by atoms with van der Waals surface area (Å²) in [6.45, 7) is 12.3. The van der Waals surface area contributed by atoms with Gasteiger partial charge in [-0.2, -0.15) is 12.2 Å². The average Bonchev–Trinajstić information content (AvgIpc) is 3.68. The molecule has 0 fully saturated rings. The second kappa shape index (κ2) is 22.1. The van der Waals surface area contributed by atoms with Gasteiger partial charge in [0.15, 0.2) is 0 Å². The maximum Gasteiger partial charge on any atom is 4.00 e. The normalized spacial score (nSPS) is 13.8. The fourth-order valence-corrected chi connectivity index (χ4v) is 3.67. The first-order valence-corrected chi connectivity index (χ1v) is 13.8. The maximum atomic E-state index is 13.3. The molecule has 2 aromatic rings. The molecule has 220 valence electrons. The molecule has 0 heterocycles. The van der Waals surface area contributed by atoms with Crippen molar-refractivity contribution >= 4 is 11.4 Å². The van der Waals surface area contributed by atoms with E-state index in [4.69, 9.17) is 0 Å². The number of benzene rings is 2. The molecule has 4 rings (SSSR count). The zero-order valence-electron chi connectivity index (χ0n) is 24.9. The topological polar surface area (TPSA) is 24.1 Å². The standard InChI is InChI=1S/2C12H16F2N.2C5H5.Ti/c2*1-4-11(8(2)3)15-12-6-5-9(13)7-10(12)14;2*1-2-4-5-3-1;/h2*5-6,8,11,15H,4H2,1-3H3;2*1-3H,4H2;/q4*-1;+4. The van der Waals surface area contributed by atoms with Gasteiger partial charge in [0.1, 0.15) is 0 Å². The van der Waals surface area contributed by atoms with Crippen molar-refractivity contribution < 1.29 is 39.3 Å². The average molecular weight is 603 g/mol. The van der Waals surface area contributed by atoms with Crippen molar-refractivity contribution in [3.8, 4) is 0 Å². The zero-order valence-corrected chi connectivity index (χ0v) is 26.5. The van der Waals surface area contributed by atoms with Crippen molar-refractivity contribution in [1.82, 2.24) is 0 Å². The third kappa shape index (κ3) is 16.5. The summed E-state index contributed by atoms with van der Waals surface area (Å²) in [5.41, 5.74) is 0.633. The van der Waals surface area contributed by atoms with Gasteiger partial charge in [0.2, 0.25) is 0 Å². The predicted molar refractivity (Wildman–Crippen MR) is 159 cm³/mol. The summed E-state index contributed by atoms with van der Waals surface area (Å²) in [7, 11) is 0. The molecule has 0 saturated carbocycles. The number of nitrogens with one attached hydrogen (secondary N) is 2. The third-order valence-corrected chi connectivity index (χ3v) is 6.07. The fraction of sp³-hybridized carbons (Fsp3) is 0.412. The molecule has 2 N–H and O–H groups in total. The molecule has 2 atom stereocenters. The van der Waals surface area contributed by atoms with E-state index < -0.39 is 23.3 Å². The first kappa shape index (κ1) is 38.4. The summed E-state index contributed by atoms with van der Waals surface area (Å²) < 4.78 is 51.7. The number of hydrogen-bond acceptors (Lipinski definition) is 2. The number of rotatable bonds is 8. The van der Waals surface area contributed by atoms with Crippen LogP contribution in [0.4, 0.5) is 28.9 Å². The van der Waals surface area contributed by atoms with Crippen LogP contribution in [-0.2, 0) is 21.7 Å². The van der Waals surface area contributed by atoms with Crippen LogP contribution in [0.5, 0.6) is 0 Å². The second-order valence-electron chi connectivity index (χ2n) is 9.88. The van der Waals surface area contributed by atoms with Gasteiger partial charge in [0.25, 0.3) is 0 Å². The molecule has 0 aromatic heterocycles. The van der Waals surface area contributed by atoms with Gasteiger partial charge < -0.3 is 10.6 Å². The molecular formula is C34H42F4N2Ti. The van der Waals surface area contributed by atoms with E-state index in [2.05, 4.69) is 62.6 Å². The van der Waals surface area contributed by atoms with E-state index in [0.29, 0.717) is 23.2 Å². The van der Waals surface area contributed by atoms with Gasteiger partial charge >= 0.3 is 21.7 Å². The molecule has 2 aliphatic carbocycles. The van der Waals surface area contributed by atoms with E-state index in [1.54, 1.807) is 0 Å². The smallest absolute Gasteiger partial charge is 0.431 e. The minimum atomic E-state index is -0.671. The third-order valence-electron chi connectivity index (χ3n) is 6.07. The Hall–Kier alpha value is -2.57. The maximum absolute atomic E-state index is 13.3. The molecule has 41 heavy (non-hydrogen) atoms. The van der Waals surface area contributed by atoms with Crippen molar-refractivity contribution in [3.63, 3.8) is 0 Å². The van der Waals surface area contributed by atoms with Crippen LogP contribution in [0.1, 0.15) is 67.2 Å². The van der Waals surface area contributed by atoms with Gasteiger partial charge in [-0.15, -0.1) is 49.2 Å². The summed E-state index contributed by atoms with van der Waals surface area (Å²) in [6, 6.07) is 9.64. The van der Waals surface area contributed by atoms with E-state index in [1.807, 2.05) is 50.3 Å². The Bertz CT molecular complexity index is 1000. The van der Waals surface area contributed by atoms with Gasteiger partial charge in [-0.05, 0) is 36.1 Å². The Morgan fingerprint density at radius 3 is 1.22 bits per heavy atom. The molecule has 2 nitrogen and oxygen atoms in total. The summed E-state index contributed by atoms with van der Waals surface area (Å²) in [6.07, 6.45) is 21.8. The number of anilines is 2. The molecule has 0 aliphatic heterocycles. The van der Waals surface area contributed by atoms with Crippen LogP contribution in [0.25, 0.3) is 0 Å². The quantitative estimate of drug-likeness (QED) is 0.179. The van der Waals surface area contributed by atoms with E-state index in [-0.39, 0.29) is 33.8 Å². The second-order valence-corrected chi connectivity index (χ2v) is 9.88. The Morgan fingerprint density at radius 2 is 1.02 bits per heavy atom. The Morgan fingerprint density at radius 1 is 0.659 bits per heavy atom. The van der Waals surface area contributed by atoms with Crippen LogP contribution >= 0.6 is 0 Å². The molecule has 0 spiro atoms. The van der Waals surface area contributed by atoms with Crippen molar-refractivity contribution in [1.29, 1.82) is 0 Å². The molecule has 0 saturated heterocycles. The summed E-state index contributed by atoms with van der Waals surface area (Å²) in [5, 5.41) is 6.10. The van der Waals surface area contributed by atoms with Crippen molar-refractivity contribution in [2.24, 2.45) is 11.8 Å². The molecule has 2 unspecified atom stereocenters. The fourth-order valence-electron chi connectivity index (χ4n) is 3.67. The molecule has 0 radical (unpaired) electrons. The molecule has 2 aromatic carbocycles. The Labute approximate surface area is 260 Å². The Kier molecular flexibility index (Phi) is 20.7.